The van der Waals surface area contributed by atoms with Crippen LogP contribution < -0.4 is 10.6 Å². The van der Waals surface area contributed by atoms with E-state index in [4.69, 9.17) is 11.6 Å². The van der Waals surface area contributed by atoms with Gasteiger partial charge in [0.25, 0.3) is 0 Å². The van der Waals surface area contributed by atoms with Gasteiger partial charge in [-0.15, -0.1) is 0 Å². The highest BCUT2D eigenvalue weighted by molar-refractivity contribution is 6.31. The number of aromatic nitrogens is 2. The van der Waals surface area contributed by atoms with Crippen LogP contribution in [0.15, 0.2) is 48.8 Å². The van der Waals surface area contributed by atoms with Crippen LogP contribution in [0.5, 0.6) is 0 Å². The van der Waals surface area contributed by atoms with E-state index in [1.54, 1.807) is 0 Å². The van der Waals surface area contributed by atoms with Crippen LogP contribution in [0.4, 0.5) is 36.2 Å². The van der Waals surface area contributed by atoms with Crippen LogP contribution in [0.25, 0.3) is 0 Å². The van der Waals surface area contributed by atoms with Gasteiger partial charge in [0.2, 0.25) is 0 Å². The van der Waals surface area contributed by atoms with Crippen molar-refractivity contribution in [1.29, 1.82) is 0 Å². The summed E-state index contributed by atoms with van der Waals surface area (Å²) in [7, 11) is 0. The van der Waals surface area contributed by atoms with E-state index >= 15 is 0 Å². The maximum atomic E-state index is 13.7. The molecule has 0 aliphatic rings. The lowest BCUT2D eigenvalue weighted by molar-refractivity contribution is 0.590. The topological polar surface area (TPSA) is 49.8 Å². The smallest absolute Gasteiger partial charge is 0.149 e. The Kier molecular flexibility index (Phi) is 4.52. The molecule has 3 aromatic rings. The van der Waals surface area contributed by atoms with E-state index in [1.165, 1.54) is 36.7 Å². The molecule has 3 rings (SSSR count). The van der Waals surface area contributed by atoms with E-state index in [2.05, 4.69) is 20.6 Å². The minimum atomic E-state index is -0.742. The maximum absolute atomic E-state index is 13.7. The first-order valence-electron chi connectivity index (χ1n) is 6.78. The summed E-state index contributed by atoms with van der Waals surface area (Å²) in [4.78, 5) is 7.90. The number of hydrogen-bond donors (Lipinski definition) is 2. The molecule has 0 aliphatic carbocycles. The van der Waals surface area contributed by atoms with Crippen molar-refractivity contribution < 1.29 is 13.2 Å². The number of halogens is 4. The van der Waals surface area contributed by atoms with Gasteiger partial charge in [-0.3, -0.25) is 0 Å². The summed E-state index contributed by atoms with van der Waals surface area (Å²) in [6.07, 6.45) is 1.22. The summed E-state index contributed by atoms with van der Waals surface area (Å²) in [6.45, 7) is 0. The van der Waals surface area contributed by atoms with E-state index in [0.717, 1.165) is 12.1 Å². The second-order valence-electron chi connectivity index (χ2n) is 4.76. The molecular weight excluding hydrogens is 341 g/mol. The first kappa shape index (κ1) is 16.1. The van der Waals surface area contributed by atoms with Crippen molar-refractivity contribution in [2.75, 3.05) is 10.6 Å². The number of benzene rings is 2. The third kappa shape index (κ3) is 3.57. The van der Waals surface area contributed by atoms with Crippen molar-refractivity contribution >= 4 is 34.6 Å². The SMILES string of the molecule is Fc1ccc(Nc2cc(Nc3c(F)cccc3F)ncn2)cc1Cl. The third-order valence-corrected chi connectivity index (χ3v) is 3.36. The van der Waals surface area contributed by atoms with Crippen LogP contribution in [0, 0.1) is 17.5 Å². The molecule has 24 heavy (non-hydrogen) atoms. The highest BCUT2D eigenvalue weighted by Crippen LogP contribution is 2.25. The van der Waals surface area contributed by atoms with Crippen LogP contribution in [0.3, 0.4) is 0 Å². The Morgan fingerprint density at radius 3 is 2.12 bits per heavy atom. The first-order chi connectivity index (χ1) is 11.5. The molecule has 0 fully saturated rings. The molecule has 0 bridgehead atoms. The first-order valence-corrected chi connectivity index (χ1v) is 7.16. The number of anilines is 4. The molecule has 0 unspecified atom stereocenters. The highest BCUT2D eigenvalue weighted by atomic mass is 35.5. The molecule has 8 heteroatoms. The summed E-state index contributed by atoms with van der Waals surface area (Å²) < 4.78 is 40.5. The van der Waals surface area contributed by atoms with E-state index in [1.807, 2.05) is 0 Å². The van der Waals surface area contributed by atoms with E-state index in [0.29, 0.717) is 11.5 Å². The number of para-hydroxylation sites is 1. The molecule has 0 radical (unpaired) electrons. The fourth-order valence-electron chi connectivity index (χ4n) is 1.96. The molecule has 0 spiro atoms. The van der Waals surface area contributed by atoms with Gasteiger partial charge in [-0.25, -0.2) is 23.1 Å². The number of rotatable bonds is 4. The van der Waals surface area contributed by atoms with Crippen molar-refractivity contribution in [2.24, 2.45) is 0 Å². The van der Waals surface area contributed by atoms with E-state index in [-0.39, 0.29) is 16.5 Å². The summed E-state index contributed by atoms with van der Waals surface area (Å²) >= 11 is 5.71. The van der Waals surface area contributed by atoms with Crippen molar-refractivity contribution in [3.8, 4) is 0 Å². The molecule has 0 atom stereocenters. The Morgan fingerprint density at radius 2 is 1.46 bits per heavy atom. The van der Waals surface area contributed by atoms with E-state index < -0.39 is 17.5 Å². The fourth-order valence-corrected chi connectivity index (χ4v) is 2.14. The Labute approximate surface area is 140 Å². The van der Waals surface area contributed by atoms with Gasteiger partial charge in [-0.05, 0) is 30.3 Å². The zero-order valence-electron chi connectivity index (χ0n) is 12.0. The lowest BCUT2D eigenvalue weighted by Gasteiger charge is -2.10. The van der Waals surface area contributed by atoms with Crippen LogP contribution in [0.2, 0.25) is 5.02 Å². The van der Waals surface area contributed by atoms with Crippen molar-refractivity contribution in [3.05, 3.63) is 71.3 Å². The van der Waals surface area contributed by atoms with E-state index in [9.17, 15) is 13.2 Å². The molecule has 0 aliphatic heterocycles. The molecule has 122 valence electrons. The van der Waals surface area contributed by atoms with Gasteiger partial charge in [0.05, 0.1) is 5.02 Å². The second-order valence-corrected chi connectivity index (χ2v) is 5.17. The minimum absolute atomic E-state index is 0.0409. The second kappa shape index (κ2) is 6.76. The van der Waals surface area contributed by atoms with Crippen molar-refractivity contribution in [3.63, 3.8) is 0 Å². The quantitative estimate of drug-likeness (QED) is 0.692. The number of nitrogens with one attached hydrogen (secondary N) is 2. The third-order valence-electron chi connectivity index (χ3n) is 3.07. The Morgan fingerprint density at radius 1 is 0.792 bits per heavy atom. The minimum Gasteiger partial charge on any atom is -0.340 e. The average Bonchev–Trinajstić information content (AvgIpc) is 2.55. The molecule has 1 heterocycles. The predicted octanol–water partition coefficient (Wildman–Crippen LogP) is 5.03. The van der Waals surface area contributed by atoms with Gasteiger partial charge in [-0.1, -0.05) is 17.7 Å². The standard InChI is InChI=1S/C16H10ClF3N4/c17-10-6-9(4-5-11(10)18)23-14-7-15(22-8-21-14)24-16-12(19)2-1-3-13(16)20/h1-8H,(H2,21,22,23,24). The average molecular weight is 351 g/mol. The lowest BCUT2D eigenvalue weighted by Crippen LogP contribution is -2.01. The van der Waals surface area contributed by atoms with Gasteiger partial charge in [0.1, 0.15) is 41.1 Å². The van der Waals surface area contributed by atoms with Crippen LogP contribution in [-0.2, 0) is 0 Å². The molecule has 0 amide bonds. The van der Waals surface area contributed by atoms with Gasteiger partial charge < -0.3 is 10.6 Å². The van der Waals surface area contributed by atoms with Crippen molar-refractivity contribution in [2.45, 2.75) is 0 Å². The number of hydrogen-bond acceptors (Lipinski definition) is 4. The van der Waals surface area contributed by atoms with Crippen LogP contribution in [-0.4, -0.2) is 9.97 Å². The highest BCUT2D eigenvalue weighted by Gasteiger charge is 2.10. The molecule has 4 nitrogen and oxygen atoms in total. The van der Waals surface area contributed by atoms with Gasteiger partial charge in [-0.2, -0.15) is 0 Å². The Hall–Kier alpha value is -2.80. The van der Waals surface area contributed by atoms with Gasteiger partial charge in [0, 0.05) is 11.8 Å². The number of nitrogens with zero attached hydrogens (tertiary/aromatic N) is 2. The molecule has 2 aromatic carbocycles. The largest absolute Gasteiger partial charge is 0.340 e. The fraction of sp³-hybridized carbons (Fsp3) is 0. The van der Waals surface area contributed by atoms with Gasteiger partial charge >= 0.3 is 0 Å². The molecule has 2 N–H and O–H groups in total. The van der Waals surface area contributed by atoms with Crippen molar-refractivity contribution in [1.82, 2.24) is 9.97 Å². The Bertz CT molecular complexity index is 869. The summed E-state index contributed by atoms with van der Waals surface area (Å²) in [5.41, 5.74) is 0.190. The predicted molar refractivity (Wildman–Crippen MR) is 86.4 cm³/mol. The zero-order chi connectivity index (χ0) is 17.1. The molecule has 0 saturated carbocycles. The van der Waals surface area contributed by atoms with Gasteiger partial charge in [0.15, 0.2) is 0 Å². The summed E-state index contributed by atoms with van der Waals surface area (Å²) in [5, 5.41) is 5.42. The molecular formula is C16H10ClF3N4. The maximum Gasteiger partial charge on any atom is 0.149 e. The lowest BCUT2D eigenvalue weighted by atomic mass is 10.3. The molecule has 1 aromatic heterocycles. The normalized spacial score (nSPS) is 10.5. The van der Waals surface area contributed by atoms with Crippen LogP contribution >= 0.6 is 11.6 Å². The Balaban J connectivity index is 1.82. The summed E-state index contributed by atoms with van der Waals surface area (Å²) in [5.74, 6) is -1.50. The molecule has 0 saturated heterocycles. The zero-order valence-corrected chi connectivity index (χ0v) is 12.8. The summed E-state index contributed by atoms with van der Waals surface area (Å²) in [6, 6.07) is 9.05. The monoisotopic (exact) mass is 350 g/mol. The van der Waals surface area contributed by atoms with Crippen LogP contribution in [0.1, 0.15) is 0 Å².